The Morgan fingerprint density at radius 1 is 1.29 bits per heavy atom. The lowest BCUT2D eigenvalue weighted by atomic mass is 9.90. The Morgan fingerprint density at radius 2 is 1.93 bits per heavy atom. The normalized spacial score (nSPS) is 37.2. The SMILES string of the molecule is CC1(C)CC(C#N)(N2CCCC2)CO1. The summed E-state index contributed by atoms with van der Waals surface area (Å²) >= 11 is 0. The highest BCUT2D eigenvalue weighted by molar-refractivity contribution is 5.15. The first-order valence-electron chi connectivity index (χ1n) is 5.38. The molecule has 0 bridgehead atoms. The van der Waals surface area contributed by atoms with Crippen molar-refractivity contribution in [3.05, 3.63) is 0 Å². The van der Waals surface area contributed by atoms with Crippen molar-refractivity contribution in [3.8, 4) is 6.07 Å². The Morgan fingerprint density at radius 3 is 2.36 bits per heavy atom. The van der Waals surface area contributed by atoms with Gasteiger partial charge < -0.3 is 4.74 Å². The first-order chi connectivity index (χ1) is 6.58. The van der Waals surface area contributed by atoms with Crippen LogP contribution in [-0.2, 0) is 4.74 Å². The number of rotatable bonds is 1. The van der Waals surface area contributed by atoms with Gasteiger partial charge in [0.15, 0.2) is 0 Å². The summed E-state index contributed by atoms with van der Waals surface area (Å²) in [5, 5.41) is 9.34. The number of nitriles is 1. The van der Waals surface area contributed by atoms with Crippen LogP contribution in [0.4, 0.5) is 0 Å². The smallest absolute Gasteiger partial charge is 0.135 e. The van der Waals surface area contributed by atoms with Gasteiger partial charge in [-0.15, -0.1) is 0 Å². The quantitative estimate of drug-likeness (QED) is 0.635. The standard InChI is InChI=1S/C11H18N2O/c1-10(2)7-11(8-12,9-14-10)13-5-3-4-6-13/h3-7,9H2,1-2H3. The minimum atomic E-state index is -0.333. The molecule has 0 aromatic carbocycles. The van der Waals surface area contributed by atoms with Crippen LogP contribution in [0.25, 0.3) is 0 Å². The molecule has 1 atom stereocenters. The maximum Gasteiger partial charge on any atom is 0.135 e. The molecular weight excluding hydrogens is 176 g/mol. The van der Waals surface area contributed by atoms with Crippen LogP contribution in [0.2, 0.25) is 0 Å². The molecule has 14 heavy (non-hydrogen) atoms. The van der Waals surface area contributed by atoms with Crippen molar-refractivity contribution in [2.45, 2.75) is 44.2 Å². The lowest BCUT2D eigenvalue weighted by molar-refractivity contribution is 0.0303. The minimum Gasteiger partial charge on any atom is -0.372 e. The molecule has 0 amide bonds. The molecular formula is C11H18N2O. The van der Waals surface area contributed by atoms with Gasteiger partial charge in [0.1, 0.15) is 5.54 Å². The number of ether oxygens (including phenoxy) is 1. The number of nitrogens with zero attached hydrogens (tertiary/aromatic N) is 2. The number of hydrogen-bond acceptors (Lipinski definition) is 3. The molecule has 0 radical (unpaired) electrons. The van der Waals surface area contributed by atoms with E-state index in [1.165, 1.54) is 12.8 Å². The van der Waals surface area contributed by atoms with Crippen molar-refractivity contribution >= 4 is 0 Å². The van der Waals surface area contributed by atoms with Gasteiger partial charge in [0, 0.05) is 6.42 Å². The van der Waals surface area contributed by atoms with E-state index in [0.29, 0.717) is 6.61 Å². The monoisotopic (exact) mass is 194 g/mol. The maximum atomic E-state index is 9.34. The zero-order valence-corrected chi connectivity index (χ0v) is 9.05. The van der Waals surface area contributed by atoms with Crippen LogP contribution in [-0.4, -0.2) is 35.7 Å². The van der Waals surface area contributed by atoms with E-state index >= 15 is 0 Å². The summed E-state index contributed by atoms with van der Waals surface area (Å²) in [7, 11) is 0. The Hall–Kier alpha value is -0.590. The summed E-state index contributed by atoms with van der Waals surface area (Å²) in [6.07, 6.45) is 3.30. The molecule has 0 saturated carbocycles. The highest BCUT2D eigenvalue weighted by Gasteiger charge is 2.49. The molecule has 0 aromatic heterocycles. The third-order valence-electron chi connectivity index (χ3n) is 3.34. The maximum absolute atomic E-state index is 9.34. The van der Waals surface area contributed by atoms with Gasteiger partial charge >= 0.3 is 0 Å². The van der Waals surface area contributed by atoms with Gasteiger partial charge in [0.25, 0.3) is 0 Å². The van der Waals surface area contributed by atoms with Gasteiger partial charge in [0.2, 0.25) is 0 Å². The fraction of sp³-hybridized carbons (Fsp3) is 0.909. The van der Waals surface area contributed by atoms with Crippen LogP contribution >= 0.6 is 0 Å². The summed E-state index contributed by atoms with van der Waals surface area (Å²) in [6.45, 7) is 6.85. The minimum absolute atomic E-state index is 0.127. The molecule has 3 heteroatoms. The van der Waals surface area contributed by atoms with Crippen LogP contribution in [0, 0.1) is 11.3 Å². The molecule has 0 aromatic rings. The number of hydrogen-bond donors (Lipinski definition) is 0. The fourth-order valence-corrected chi connectivity index (χ4v) is 2.61. The molecule has 3 nitrogen and oxygen atoms in total. The van der Waals surface area contributed by atoms with E-state index in [1.54, 1.807) is 0 Å². The van der Waals surface area contributed by atoms with Crippen LogP contribution in [0.5, 0.6) is 0 Å². The van der Waals surface area contributed by atoms with Crippen LogP contribution in [0.15, 0.2) is 0 Å². The third-order valence-corrected chi connectivity index (χ3v) is 3.34. The molecule has 1 unspecified atom stereocenters. The topological polar surface area (TPSA) is 36.3 Å². The van der Waals surface area contributed by atoms with Gasteiger partial charge in [-0.25, -0.2) is 0 Å². The predicted molar refractivity (Wildman–Crippen MR) is 53.8 cm³/mol. The second-order valence-electron chi connectivity index (χ2n) is 5.06. The summed E-state index contributed by atoms with van der Waals surface area (Å²) in [6, 6.07) is 2.48. The highest BCUT2D eigenvalue weighted by atomic mass is 16.5. The first kappa shape index (κ1) is 9.95. The van der Waals surface area contributed by atoms with Gasteiger partial charge in [-0.05, 0) is 39.8 Å². The van der Waals surface area contributed by atoms with Crippen molar-refractivity contribution in [1.82, 2.24) is 4.90 Å². The van der Waals surface area contributed by atoms with Crippen LogP contribution < -0.4 is 0 Å². The summed E-state index contributed by atoms with van der Waals surface area (Å²) in [4.78, 5) is 2.31. The van der Waals surface area contributed by atoms with E-state index in [9.17, 15) is 5.26 Å². The van der Waals surface area contributed by atoms with Gasteiger partial charge in [-0.3, -0.25) is 4.90 Å². The van der Waals surface area contributed by atoms with Crippen molar-refractivity contribution < 1.29 is 4.74 Å². The molecule has 0 N–H and O–H groups in total. The van der Waals surface area contributed by atoms with Crippen LogP contribution in [0.3, 0.4) is 0 Å². The Bertz CT molecular complexity index is 263. The molecule has 2 saturated heterocycles. The summed E-state index contributed by atoms with van der Waals surface area (Å²) in [5.41, 5.74) is -0.460. The number of likely N-dealkylation sites (tertiary alicyclic amines) is 1. The first-order valence-corrected chi connectivity index (χ1v) is 5.38. The molecule has 0 aliphatic carbocycles. The van der Waals surface area contributed by atoms with E-state index < -0.39 is 0 Å². The lowest BCUT2D eigenvalue weighted by Gasteiger charge is -2.31. The fourth-order valence-electron chi connectivity index (χ4n) is 2.61. The van der Waals surface area contributed by atoms with E-state index in [2.05, 4.69) is 24.8 Å². The van der Waals surface area contributed by atoms with Gasteiger partial charge in [-0.2, -0.15) is 5.26 Å². The second kappa shape index (κ2) is 3.22. The average molecular weight is 194 g/mol. The van der Waals surface area contributed by atoms with Crippen molar-refractivity contribution in [3.63, 3.8) is 0 Å². The summed E-state index contributed by atoms with van der Waals surface area (Å²) in [5.74, 6) is 0. The Labute approximate surface area is 85.6 Å². The van der Waals surface area contributed by atoms with Crippen molar-refractivity contribution in [1.29, 1.82) is 5.26 Å². The van der Waals surface area contributed by atoms with E-state index in [0.717, 1.165) is 19.5 Å². The van der Waals surface area contributed by atoms with Crippen molar-refractivity contribution in [2.24, 2.45) is 0 Å². The van der Waals surface area contributed by atoms with Crippen molar-refractivity contribution in [2.75, 3.05) is 19.7 Å². The van der Waals surface area contributed by atoms with Crippen LogP contribution in [0.1, 0.15) is 33.1 Å². The molecule has 2 aliphatic rings. The highest BCUT2D eigenvalue weighted by Crippen LogP contribution is 2.37. The molecule has 0 spiro atoms. The van der Waals surface area contributed by atoms with E-state index in [4.69, 9.17) is 4.74 Å². The van der Waals surface area contributed by atoms with E-state index in [-0.39, 0.29) is 11.1 Å². The third kappa shape index (κ3) is 1.53. The average Bonchev–Trinajstić information content (AvgIpc) is 2.72. The molecule has 2 rings (SSSR count). The van der Waals surface area contributed by atoms with Gasteiger partial charge in [0.05, 0.1) is 18.3 Å². The molecule has 2 aliphatic heterocycles. The van der Waals surface area contributed by atoms with E-state index in [1.807, 2.05) is 0 Å². The summed E-state index contributed by atoms with van der Waals surface area (Å²) < 4.78 is 5.70. The Kier molecular flexibility index (Phi) is 2.29. The predicted octanol–water partition coefficient (Wildman–Crippen LogP) is 1.54. The zero-order valence-electron chi connectivity index (χ0n) is 9.05. The Balaban J connectivity index is 2.16. The molecule has 78 valence electrons. The lowest BCUT2D eigenvalue weighted by Crippen LogP contribution is -2.47. The van der Waals surface area contributed by atoms with Gasteiger partial charge in [-0.1, -0.05) is 0 Å². The molecule has 2 fully saturated rings. The zero-order chi connectivity index (χ0) is 10.2. The second-order valence-corrected chi connectivity index (χ2v) is 5.06. The largest absolute Gasteiger partial charge is 0.372 e. The molecule has 2 heterocycles.